The molecule has 3 rings (SSSR count). The number of methoxy groups -OCH3 is 1. The summed E-state index contributed by atoms with van der Waals surface area (Å²) in [5.74, 6) is -0.758. The van der Waals surface area contributed by atoms with Gasteiger partial charge in [0.1, 0.15) is 0 Å². The lowest BCUT2D eigenvalue weighted by Crippen LogP contribution is -2.16. The van der Waals surface area contributed by atoms with Gasteiger partial charge in [0, 0.05) is 10.6 Å². The molecule has 158 valence electrons. The maximum atomic E-state index is 12.9. The molecule has 0 bridgehead atoms. The van der Waals surface area contributed by atoms with E-state index < -0.39 is 15.8 Å². The molecule has 2 aromatic heterocycles. The van der Waals surface area contributed by atoms with Crippen molar-refractivity contribution < 1.29 is 22.7 Å². The molecule has 29 heavy (non-hydrogen) atoms. The molecule has 9 nitrogen and oxygen atoms in total. The summed E-state index contributed by atoms with van der Waals surface area (Å²) >= 11 is 1.24. The molecule has 0 spiro atoms. The monoisotopic (exact) mass is 440 g/mol. The minimum atomic E-state index is -3.06. The van der Waals surface area contributed by atoms with Gasteiger partial charge in [-0.05, 0) is 26.7 Å². The number of hydrogen-bond acceptors (Lipinski definition) is 8. The summed E-state index contributed by atoms with van der Waals surface area (Å²) in [6.45, 7) is 5.46. The number of thiazole rings is 1. The molecule has 1 amide bonds. The second-order valence-corrected chi connectivity index (χ2v) is 10.3. The Balaban J connectivity index is 1.86. The van der Waals surface area contributed by atoms with Crippen LogP contribution in [-0.4, -0.2) is 53.7 Å². The Morgan fingerprint density at radius 3 is 2.66 bits per heavy atom. The SMILES string of the molecule is CCCc1sc(NC(=O)c2c(C)nn([C@H]3CCS(=O)(=O)C3)c2C)nc1C(=O)OC. The first-order chi connectivity index (χ1) is 13.7. The van der Waals surface area contributed by atoms with Crippen LogP contribution in [0.3, 0.4) is 0 Å². The molecule has 0 radical (unpaired) electrons. The first kappa shape index (κ1) is 21.4. The standard InChI is InChI=1S/C18H24N4O5S2/c1-5-6-13-15(17(24)27-4)19-18(28-13)20-16(23)14-10(2)21-22(11(14)3)12-7-8-29(25,26)9-12/h12H,5-9H2,1-4H3,(H,19,20,23)/t12-/m0/s1. The number of ether oxygens (including phenoxy) is 1. The van der Waals surface area contributed by atoms with Gasteiger partial charge in [-0.25, -0.2) is 18.2 Å². The Kier molecular flexibility index (Phi) is 6.08. The third kappa shape index (κ3) is 4.35. The quantitative estimate of drug-likeness (QED) is 0.684. The summed E-state index contributed by atoms with van der Waals surface area (Å²) in [5, 5.41) is 7.48. The highest BCUT2D eigenvalue weighted by Crippen LogP contribution is 2.29. The molecule has 1 saturated heterocycles. The predicted molar refractivity (Wildman–Crippen MR) is 109 cm³/mol. The van der Waals surface area contributed by atoms with Crippen molar-refractivity contribution in [1.29, 1.82) is 0 Å². The fourth-order valence-corrected chi connectivity index (χ4v) is 6.27. The molecular formula is C18H24N4O5S2. The maximum absolute atomic E-state index is 12.9. The zero-order valence-electron chi connectivity index (χ0n) is 16.8. The van der Waals surface area contributed by atoms with Crippen molar-refractivity contribution in [3.63, 3.8) is 0 Å². The Labute approximate surface area is 173 Å². The number of amides is 1. The van der Waals surface area contributed by atoms with Crippen LogP contribution in [0.4, 0.5) is 5.13 Å². The molecule has 3 heterocycles. The van der Waals surface area contributed by atoms with Gasteiger partial charge in [-0.15, -0.1) is 11.3 Å². The Bertz CT molecular complexity index is 1050. The number of aryl methyl sites for hydroxylation is 2. The third-order valence-corrected chi connectivity index (χ3v) is 7.66. The number of anilines is 1. The highest BCUT2D eigenvalue weighted by Gasteiger charge is 2.32. The number of hydrogen-bond donors (Lipinski definition) is 1. The molecule has 0 aromatic carbocycles. The number of nitrogens with zero attached hydrogens (tertiary/aromatic N) is 3. The van der Waals surface area contributed by atoms with Gasteiger partial charge in [-0.1, -0.05) is 13.3 Å². The summed E-state index contributed by atoms with van der Waals surface area (Å²) in [6.07, 6.45) is 1.97. The molecule has 1 N–H and O–H groups in total. The van der Waals surface area contributed by atoms with Crippen LogP contribution in [-0.2, 0) is 21.0 Å². The van der Waals surface area contributed by atoms with E-state index in [1.165, 1.54) is 18.4 Å². The van der Waals surface area contributed by atoms with Crippen molar-refractivity contribution in [2.75, 3.05) is 23.9 Å². The van der Waals surface area contributed by atoms with Crippen molar-refractivity contribution in [3.05, 3.63) is 27.5 Å². The number of carbonyl (C=O) groups excluding carboxylic acids is 2. The average molecular weight is 441 g/mol. The molecule has 1 aliphatic heterocycles. The zero-order valence-corrected chi connectivity index (χ0v) is 18.4. The molecule has 0 aliphatic carbocycles. The van der Waals surface area contributed by atoms with Crippen LogP contribution in [0.15, 0.2) is 0 Å². The lowest BCUT2D eigenvalue weighted by atomic mass is 10.1. The third-order valence-electron chi connectivity index (χ3n) is 4.88. The molecular weight excluding hydrogens is 416 g/mol. The van der Waals surface area contributed by atoms with Crippen molar-refractivity contribution in [1.82, 2.24) is 14.8 Å². The van der Waals surface area contributed by atoms with Crippen LogP contribution in [0.25, 0.3) is 0 Å². The van der Waals surface area contributed by atoms with Gasteiger partial charge >= 0.3 is 5.97 Å². The van der Waals surface area contributed by atoms with Crippen molar-refractivity contribution in [2.24, 2.45) is 0 Å². The number of sulfone groups is 1. The van der Waals surface area contributed by atoms with Crippen molar-refractivity contribution >= 4 is 38.2 Å². The summed E-state index contributed by atoms with van der Waals surface area (Å²) in [7, 11) is -1.77. The van der Waals surface area contributed by atoms with E-state index in [0.29, 0.717) is 34.9 Å². The van der Waals surface area contributed by atoms with Crippen LogP contribution in [0.5, 0.6) is 0 Å². The predicted octanol–water partition coefficient (Wildman–Crippen LogP) is 2.31. The summed E-state index contributed by atoms with van der Waals surface area (Å²) in [5.41, 5.74) is 1.74. The zero-order chi connectivity index (χ0) is 21.3. The number of rotatable bonds is 6. The smallest absolute Gasteiger partial charge is 0.357 e. The minimum Gasteiger partial charge on any atom is -0.464 e. The first-order valence-corrected chi connectivity index (χ1v) is 12.0. The van der Waals surface area contributed by atoms with E-state index in [1.54, 1.807) is 18.5 Å². The van der Waals surface area contributed by atoms with E-state index in [-0.39, 0.29) is 29.1 Å². The fourth-order valence-electron chi connectivity index (χ4n) is 3.53. The van der Waals surface area contributed by atoms with E-state index in [1.807, 2.05) is 6.92 Å². The fraction of sp³-hybridized carbons (Fsp3) is 0.556. The first-order valence-electron chi connectivity index (χ1n) is 9.32. The number of esters is 1. The molecule has 11 heteroatoms. The lowest BCUT2D eigenvalue weighted by molar-refractivity contribution is 0.0593. The highest BCUT2D eigenvalue weighted by molar-refractivity contribution is 7.91. The maximum Gasteiger partial charge on any atom is 0.357 e. The number of nitrogens with one attached hydrogen (secondary N) is 1. The van der Waals surface area contributed by atoms with E-state index in [4.69, 9.17) is 4.74 Å². The van der Waals surface area contributed by atoms with Gasteiger partial charge in [0.05, 0.1) is 35.9 Å². The summed E-state index contributed by atoms with van der Waals surface area (Å²) in [6, 6.07) is -0.262. The normalized spacial score (nSPS) is 18.0. The van der Waals surface area contributed by atoms with Gasteiger partial charge in [0.2, 0.25) is 0 Å². The largest absolute Gasteiger partial charge is 0.464 e. The Morgan fingerprint density at radius 1 is 1.34 bits per heavy atom. The lowest BCUT2D eigenvalue weighted by Gasteiger charge is -2.11. The average Bonchev–Trinajstić information content (AvgIpc) is 3.30. The second-order valence-electron chi connectivity index (χ2n) is 7.03. The van der Waals surface area contributed by atoms with Gasteiger partial charge in [0.25, 0.3) is 5.91 Å². The molecule has 0 saturated carbocycles. The molecule has 1 aliphatic rings. The van der Waals surface area contributed by atoms with Crippen LogP contribution in [0, 0.1) is 13.8 Å². The topological polar surface area (TPSA) is 120 Å². The molecule has 2 aromatic rings. The van der Waals surface area contributed by atoms with Gasteiger partial charge in [-0.3, -0.25) is 14.8 Å². The molecule has 1 fully saturated rings. The van der Waals surface area contributed by atoms with Crippen molar-refractivity contribution in [2.45, 2.75) is 46.1 Å². The molecule has 0 unspecified atom stereocenters. The van der Waals surface area contributed by atoms with E-state index >= 15 is 0 Å². The Hall–Kier alpha value is -2.27. The number of carbonyl (C=O) groups is 2. The van der Waals surface area contributed by atoms with E-state index in [9.17, 15) is 18.0 Å². The minimum absolute atomic E-state index is 0.0331. The van der Waals surface area contributed by atoms with E-state index in [0.717, 1.165) is 11.3 Å². The Morgan fingerprint density at radius 2 is 2.07 bits per heavy atom. The summed E-state index contributed by atoms with van der Waals surface area (Å²) in [4.78, 5) is 29.8. The van der Waals surface area contributed by atoms with Crippen LogP contribution in [0.2, 0.25) is 0 Å². The van der Waals surface area contributed by atoms with Crippen LogP contribution >= 0.6 is 11.3 Å². The second kappa shape index (κ2) is 8.23. The number of aromatic nitrogens is 3. The van der Waals surface area contributed by atoms with Gasteiger partial charge in [0.15, 0.2) is 20.7 Å². The van der Waals surface area contributed by atoms with Gasteiger partial charge in [-0.2, -0.15) is 5.10 Å². The van der Waals surface area contributed by atoms with Gasteiger partial charge < -0.3 is 4.74 Å². The van der Waals surface area contributed by atoms with Crippen molar-refractivity contribution in [3.8, 4) is 0 Å². The highest BCUT2D eigenvalue weighted by atomic mass is 32.2. The summed E-state index contributed by atoms with van der Waals surface area (Å²) < 4.78 is 30.0. The van der Waals surface area contributed by atoms with Crippen LogP contribution < -0.4 is 5.32 Å². The van der Waals surface area contributed by atoms with E-state index in [2.05, 4.69) is 15.4 Å². The molecule has 1 atom stereocenters. The van der Waals surface area contributed by atoms with Crippen LogP contribution in [0.1, 0.15) is 62.9 Å².